The number of nitrogens with zero attached hydrogens (tertiary/aromatic N) is 1. The third-order valence-electron chi connectivity index (χ3n) is 4.87. The van der Waals surface area contributed by atoms with Crippen LogP contribution in [0.1, 0.15) is 41.3 Å². The smallest absolute Gasteiger partial charge is 0.336 e. The number of hydrogen-bond acceptors (Lipinski definition) is 6. The number of esters is 1. The van der Waals surface area contributed by atoms with E-state index in [0.29, 0.717) is 23.5 Å². The van der Waals surface area contributed by atoms with Crippen molar-refractivity contribution in [1.82, 2.24) is 5.43 Å². The lowest BCUT2D eigenvalue weighted by atomic mass is 10.2. The van der Waals surface area contributed by atoms with Crippen LogP contribution >= 0.6 is 0 Å². The number of hydrogen-bond donors (Lipinski definition) is 1. The molecule has 180 valence electrons. The molecule has 0 fully saturated rings. The molecule has 3 rings (SSSR count). The van der Waals surface area contributed by atoms with Crippen LogP contribution in [0.2, 0.25) is 0 Å². The number of nitrogens with one attached hydrogen (secondary N) is 1. The number of unbranched alkanes of at least 4 members (excludes halogenated alkanes) is 1. The van der Waals surface area contributed by atoms with Crippen LogP contribution in [0.3, 0.4) is 0 Å². The van der Waals surface area contributed by atoms with Crippen LogP contribution in [0, 0.1) is 0 Å². The van der Waals surface area contributed by atoms with Gasteiger partial charge in [0.1, 0.15) is 5.75 Å². The second-order valence-corrected chi connectivity index (χ2v) is 7.50. The topological polar surface area (TPSA) is 86.2 Å². The first-order valence-corrected chi connectivity index (χ1v) is 11.3. The van der Waals surface area contributed by atoms with Gasteiger partial charge < -0.3 is 14.2 Å². The molecule has 0 saturated heterocycles. The molecule has 0 spiro atoms. The SMILES string of the molecule is CCCCOc1ccc(C(=O)N/N=C\c2ccc(OC(=O)/C=C/c3ccccc3)c(OC)c2)cc1. The Labute approximate surface area is 205 Å². The Hall–Kier alpha value is -4.39. The molecule has 0 aliphatic heterocycles. The molecule has 0 aliphatic carbocycles. The van der Waals surface area contributed by atoms with E-state index in [4.69, 9.17) is 14.2 Å². The highest BCUT2D eigenvalue weighted by Gasteiger charge is 2.09. The summed E-state index contributed by atoms with van der Waals surface area (Å²) >= 11 is 0. The monoisotopic (exact) mass is 472 g/mol. The number of rotatable bonds is 11. The van der Waals surface area contributed by atoms with E-state index in [1.54, 1.807) is 48.5 Å². The Kier molecular flexibility index (Phi) is 9.63. The second-order valence-electron chi connectivity index (χ2n) is 7.50. The summed E-state index contributed by atoms with van der Waals surface area (Å²) in [5, 5.41) is 4.00. The maximum Gasteiger partial charge on any atom is 0.336 e. The lowest BCUT2D eigenvalue weighted by molar-refractivity contribution is -0.129. The van der Waals surface area contributed by atoms with Crippen molar-refractivity contribution >= 4 is 24.2 Å². The summed E-state index contributed by atoms with van der Waals surface area (Å²) in [6, 6.07) is 21.3. The van der Waals surface area contributed by atoms with E-state index < -0.39 is 5.97 Å². The molecule has 0 radical (unpaired) electrons. The zero-order chi connectivity index (χ0) is 24.9. The van der Waals surface area contributed by atoms with Gasteiger partial charge in [-0.15, -0.1) is 0 Å². The number of amides is 1. The van der Waals surface area contributed by atoms with E-state index >= 15 is 0 Å². The highest BCUT2D eigenvalue weighted by molar-refractivity contribution is 5.95. The standard InChI is InChI=1S/C28H28N2O5/c1-3-4-18-34-24-14-12-23(13-15-24)28(32)30-29-20-22-10-16-25(26(19-22)33-2)35-27(31)17-11-21-8-6-5-7-9-21/h5-17,19-20H,3-4,18H2,1-2H3,(H,30,32)/b17-11+,29-20-. The van der Waals surface area contributed by atoms with Crippen LogP contribution < -0.4 is 19.6 Å². The van der Waals surface area contributed by atoms with Gasteiger partial charge in [-0.25, -0.2) is 10.2 Å². The molecule has 7 nitrogen and oxygen atoms in total. The lowest BCUT2D eigenvalue weighted by Gasteiger charge is -2.08. The van der Waals surface area contributed by atoms with Gasteiger partial charge in [-0.05, 0) is 66.1 Å². The zero-order valence-electron chi connectivity index (χ0n) is 19.8. The van der Waals surface area contributed by atoms with Crippen LogP contribution in [0.15, 0.2) is 84.0 Å². The molecule has 0 heterocycles. The molecular formula is C28H28N2O5. The van der Waals surface area contributed by atoms with Crippen molar-refractivity contribution < 1.29 is 23.8 Å². The zero-order valence-corrected chi connectivity index (χ0v) is 19.8. The summed E-state index contributed by atoms with van der Waals surface area (Å²) in [6.07, 6.45) is 6.54. The third kappa shape index (κ3) is 8.16. The quantitative estimate of drug-likeness (QED) is 0.103. The number of benzene rings is 3. The Morgan fingerprint density at radius 2 is 1.71 bits per heavy atom. The highest BCUT2D eigenvalue weighted by atomic mass is 16.6. The summed E-state index contributed by atoms with van der Waals surface area (Å²) < 4.78 is 16.3. The van der Waals surface area contributed by atoms with Crippen molar-refractivity contribution in [2.24, 2.45) is 5.10 Å². The van der Waals surface area contributed by atoms with Crippen LogP contribution in [0.5, 0.6) is 17.2 Å². The molecule has 0 bridgehead atoms. The number of ether oxygens (including phenoxy) is 3. The molecule has 3 aromatic carbocycles. The van der Waals surface area contributed by atoms with E-state index in [1.807, 2.05) is 30.3 Å². The van der Waals surface area contributed by atoms with Crippen molar-refractivity contribution in [3.8, 4) is 17.2 Å². The molecule has 7 heteroatoms. The molecule has 0 unspecified atom stereocenters. The minimum atomic E-state index is -0.525. The maximum atomic E-state index is 12.3. The molecule has 0 aliphatic rings. The van der Waals surface area contributed by atoms with Gasteiger partial charge in [-0.2, -0.15) is 5.10 Å². The van der Waals surface area contributed by atoms with Gasteiger partial charge in [0.2, 0.25) is 0 Å². The molecule has 0 saturated carbocycles. The van der Waals surface area contributed by atoms with E-state index in [2.05, 4.69) is 17.5 Å². The third-order valence-corrected chi connectivity index (χ3v) is 4.87. The molecule has 0 atom stereocenters. The average molecular weight is 473 g/mol. The average Bonchev–Trinajstić information content (AvgIpc) is 2.89. The number of carbonyl (C=O) groups excluding carboxylic acids is 2. The summed E-state index contributed by atoms with van der Waals surface area (Å²) in [6.45, 7) is 2.75. The molecule has 0 aromatic heterocycles. The summed E-state index contributed by atoms with van der Waals surface area (Å²) in [7, 11) is 1.48. The van der Waals surface area contributed by atoms with Crippen LogP contribution in [0.25, 0.3) is 6.08 Å². The maximum absolute atomic E-state index is 12.3. The summed E-state index contributed by atoms with van der Waals surface area (Å²) in [5.41, 5.74) is 4.50. The number of carbonyl (C=O) groups is 2. The largest absolute Gasteiger partial charge is 0.494 e. The van der Waals surface area contributed by atoms with Gasteiger partial charge >= 0.3 is 5.97 Å². The van der Waals surface area contributed by atoms with Crippen LogP contribution in [0.4, 0.5) is 0 Å². The first-order valence-electron chi connectivity index (χ1n) is 11.3. The fourth-order valence-electron chi connectivity index (χ4n) is 2.99. The molecule has 35 heavy (non-hydrogen) atoms. The Bertz CT molecular complexity index is 1170. The van der Waals surface area contributed by atoms with E-state index in [0.717, 1.165) is 24.2 Å². The first-order chi connectivity index (χ1) is 17.1. The first kappa shape index (κ1) is 25.2. The minimum Gasteiger partial charge on any atom is -0.494 e. The van der Waals surface area contributed by atoms with Gasteiger partial charge in [0.05, 0.1) is 19.9 Å². The van der Waals surface area contributed by atoms with Gasteiger partial charge in [-0.3, -0.25) is 4.79 Å². The normalized spacial score (nSPS) is 10.9. The summed E-state index contributed by atoms with van der Waals surface area (Å²) in [5.74, 6) is 0.492. The fraction of sp³-hybridized carbons (Fsp3) is 0.179. The molecule has 1 amide bonds. The van der Waals surface area contributed by atoms with Gasteiger partial charge in [0.25, 0.3) is 5.91 Å². The Morgan fingerprint density at radius 3 is 2.43 bits per heavy atom. The lowest BCUT2D eigenvalue weighted by Crippen LogP contribution is -2.17. The molecule has 1 N–H and O–H groups in total. The predicted molar refractivity (Wildman–Crippen MR) is 136 cm³/mol. The van der Waals surface area contributed by atoms with Crippen LogP contribution in [-0.4, -0.2) is 31.8 Å². The Morgan fingerprint density at radius 1 is 0.943 bits per heavy atom. The van der Waals surface area contributed by atoms with Crippen molar-refractivity contribution in [3.05, 3.63) is 95.6 Å². The van der Waals surface area contributed by atoms with Crippen molar-refractivity contribution in [2.45, 2.75) is 19.8 Å². The van der Waals surface area contributed by atoms with Gasteiger partial charge in [0, 0.05) is 11.6 Å². The van der Waals surface area contributed by atoms with Crippen LogP contribution in [-0.2, 0) is 4.79 Å². The Balaban J connectivity index is 1.55. The van der Waals surface area contributed by atoms with E-state index in [-0.39, 0.29) is 11.7 Å². The second kappa shape index (κ2) is 13.3. The van der Waals surface area contributed by atoms with Crippen molar-refractivity contribution in [3.63, 3.8) is 0 Å². The highest BCUT2D eigenvalue weighted by Crippen LogP contribution is 2.28. The summed E-state index contributed by atoms with van der Waals surface area (Å²) in [4.78, 5) is 24.5. The molecule has 3 aromatic rings. The van der Waals surface area contributed by atoms with Crippen molar-refractivity contribution in [2.75, 3.05) is 13.7 Å². The predicted octanol–water partition coefficient (Wildman–Crippen LogP) is 5.26. The van der Waals surface area contributed by atoms with Crippen molar-refractivity contribution in [1.29, 1.82) is 0 Å². The van der Waals surface area contributed by atoms with Gasteiger partial charge in [-0.1, -0.05) is 43.7 Å². The van der Waals surface area contributed by atoms with E-state index in [1.165, 1.54) is 19.4 Å². The van der Waals surface area contributed by atoms with Gasteiger partial charge in [0.15, 0.2) is 11.5 Å². The minimum absolute atomic E-state index is 0.276. The number of methoxy groups -OCH3 is 1. The number of hydrazone groups is 1. The fourth-order valence-corrected chi connectivity index (χ4v) is 2.99. The van der Waals surface area contributed by atoms with E-state index in [9.17, 15) is 9.59 Å². The molecular weight excluding hydrogens is 444 g/mol.